The van der Waals surface area contributed by atoms with Crippen LogP contribution in [0.1, 0.15) is 10.5 Å². The number of benzene rings is 3. The van der Waals surface area contributed by atoms with Crippen LogP contribution >= 0.6 is 39.1 Å². The van der Waals surface area contributed by atoms with Gasteiger partial charge in [0.15, 0.2) is 0 Å². The summed E-state index contributed by atoms with van der Waals surface area (Å²) in [5.74, 6) is -1.94. The zero-order valence-electron chi connectivity index (χ0n) is 18.1. The molecule has 3 amide bonds. The van der Waals surface area contributed by atoms with Crippen LogP contribution in [0.25, 0.3) is 10.9 Å². The third kappa shape index (κ3) is 5.76. The molecule has 1 aromatic heterocycles. The van der Waals surface area contributed by atoms with E-state index in [0.717, 1.165) is 4.47 Å². The fourth-order valence-corrected chi connectivity index (χ4v) is 4.24. The topological polar surface area (TPSA) is 101 Å². The van der Waals surface area contributed by atoms with E-state index in [4.69, 9.17) is 27.9 Å². The fraction of sp³-hybridized carbons (Fsp3) is 0.0417. The van der Waals surface area contributed by atoms with Crippen LogP contribution in [0, 0.1) is 0 Å². The first kappa shape index (κ1) is 24.6. The highest BCUT2D eigenvalue weighted by atomic mass is 79.9. The number of methoxy groups -OCH3 is 1. The van der Waals surface area contributed by atoms with Gasteiger partial charge in [-0.3, -0.25) is 19.8 Å². The molecule has 4 rings (SSSR count). The van der Waals surface area contributed by atoms with Crippen LogP contribution in [0.3, 0.4) is 0 Å². The summed E-state index contributed by atoms with van der Waals surface area (Å²) in [5, 5.41) is 6.56. The van der Waals surface area contributed by atoms with E-state index in [1.54, 1.807) is 48.5 Å². The number of ether oxygens (including phenoxy) is 1. The van der Waals surface area contributed by atoms with E-state index >= 15 is 0 Å². The zero-order valence-corrected chi connectivity index (χ0v) is 21.2. The molecule has 0 saturated carbocycles. The second-order valence-electron chi connectivity index (χ2n) is 7.31. The van der Waals surface area contributed by atoms with Gasteiger partial charge in [-0.1, -0.05) is 45.2 Å². The van der Waals surface area contributed by atoms with E-state index in [-0.39, 0.29) is 5.69 Å². The van der Waals surface area contributed by atoms with Crippen molar-refractivity contribution in [3.8, 4) is 5.75 Å². The van der Waals surface area contributed by atoms with Gasteiger partial charge in [0, 0.05) is 37.3 Å². The van der Waals surface area contributed by atoms with Gasteiger partial charge in [-0.05, 0) is 54.6 Å². The van der Waals surface area contributed by atoms with Crippen molar-refractivity contribution >= 4 is 79.1 Å². The maximum atomic E-state index is 13.1. The first-order valence-corrected chi connectivity index (χ1v) is 11.6. The minimum atomic E-state index is -0.979. The van der Waals surface area contributed by atoms with E-state index in [2.05, 4.69) is 32.0 Å². The Balaban J connectivity index is 1.62. The lowest BCUT2D eigenvalue weighted by atomic mass is 10.2. The molecular weight excluding hydrogens is 559 g/mol. The van der Waals surface area contributed by atoms with Crippen molar-refractivity contribution in [1.82, 2.24) is 4.68 Å². The van der Waals surface area contributed by atoms with Gasteiger partial charge >= 0.3 is 11.8 Å². The van der Waals surface area contributed by atoms with E-state index in [1.165, 1.54) is 30.0 Å². The van der Waals surface area contributed by atoms with Crippen molar-refractivity contribution < 1.29 is 19.1 Å². The third-order valence-corrected chi connectivity index (χ3v) is 5.79. The van der Waals surface area contributed by atoms with Crippen molar-refractivity contribution in [3.05, 3.63) is 86.9 Å². The standard InChI is InChI=1S/C24H17BrCl2N4O4/c1-35-19-4-2-3-17(12-19)28-23(33)24(34)30-31-20-6-5-14(25)7-13(20)8-21(31)22(32)29-18-10-15(26)9-16(27)11-18/h2-12H,1H3,(H,28,33)(H,29,32)(H,30,34). The maximum absolute atomic E-state index is 13.1. The van der Waals surface area contributed by atoms with Crippen molar-refractivity contribution in [1.29, 1.82) is 0 Å². The SMILES string of the molecule is COc1cccc(NC(=O)C(=O)Nn2c(C(=O)Nc3cc(Cl)cc(Cl)c3)cc3cc(Br)ccc32)c1. The maximum Gasteiger partial charge on any atom is 0.328 e. The summed E-state index contributed by atoms with van der Waals surface area (Å²) < 4.78 is 7.15. The smallest absolute Gasteiger partial charge is 0.328 e. The predicted octanol–water partition coefficient (Wildman–Crippen LogP) is 5.68. The number of amides is 3. The highest BCUT2D eigenvalue weighted by molar-refractivity contribution is 9.10. The Labute approximate surface area is 218 Å². The number of hydrogen-bond donors (Lipinski definition) is 3. The molecule has 11 heteroatoms. The molecule has 0 fully saturated rings. The van der Waals surface area contributed by atoms with Gasteiger partial charge in [-0.25, -0.2) is 4.68 Å². The number of halogens is 3. The van der Waals surface area contributed by atoms with Gasteiger partial charge in [-0.15, -0.1) is 0 Å². The highest BCUT2D eigenvalue weighted by Crippen LogP contribution is 2.26. The Morgan fingerprint density at radius 3 is 2.31 bits per heavy atom. The molecule has 0 bridgehead atoms. The normalized spacial score (nSPS) is 10.6. The number of nitrogens with zero attached hydrogens (tertiary/aromatic N) is 1. The Morgan fingerprint density at radius 1 is 0.857 bits per heavy atom. The molecule has 0 unspecified atom stereocenters. The first-order chi connectivity index (χ1) is 16.7. The van der Waals surface area contributed by atoms with Crippen molar-refractivity contribution in [3.63, 3.8) is 0 Å². The highest BCUT2D eigenvalue weighted by Gasteiger charge is 2.21. The zero-order chi connectivity index (χ0) is 25.1. The fourth-order valence-electron chi connectivity index (χ4n) is 3.34. The van der Waals surface area contributed by atoms with Crippen LogP contribution in [0.5, 0.6) is 5.75 Å². The van der Waals surface area contributed by atoms with Gasteiger partial charge in [0.2, 0.25) is 0 Å². The molecule has 8 nitrogen and oxygen atoms in total. The van der Waals surface area contributed by atoms with Crippen LogP contribution in [-0.2, 0) is 9.59 Å². The molecule has 0 atom stereocenters. The number of carbonyl (C=O) groups is 3. The minimum Gasteiger partial charge on any atom is -0.497 e. The lowest BCUT2D eigenvalue weighted by Crippen LogP contribution is -2.36. The number of hydrogen-bond acceptors (Lipinski definition) is 4. The average Bonchev–Trinajstić information content (AvgIpc) is 3.15. The molecule has 3 N–H and O–H groups in total. The van der Waals surface area contributed by atoms with Gasteiger partial charge in [-0.2, -0.15) is 0 Å². The molecule has 178 valence electrons. The van der Waals surface area contributed by atoms with Gasteiger partial charge in [0.25, 0.3) is 5.91 Å². The lowest BCUT2D eigenvalue weighted by molar-refractivity contribution is -0.133. The Bertz CT molecular complexity index is 1450. The van der Waals surface area contributed by atoms with Crippen LogP contribution in [0.2, 0.25) is 10.0 Å². The van der Waals surface area contributed by atoms with E-state index in [1.807, 2.05) is 0 Å². The Kier molecular flexibility index (Phi) is 7.30. The first-order valence-electron chi connectivity index (χ1n) is 10.1. The molecule has 4 aromatic rings. The number of aromatic nitrogens is 1. The van der Waals surface area contributed by atoms with Crippen LogP contribution in [0.4, 0.5) is 11.4 Å². The lowest BCUT2D eigenvalue weighted by Gasteiger charge is -2.13. The summed E-state index contributed by atoms with van der Waals surface area (Å²) in [5.41, 5.74) is 3.83. The molecule has 0 aliphatic rings. The second kappa shape index (κ2) is 10.4. The molecule has 0 saturated heterocycles. The van der Waals surface area contributed by atoms with Crippen LogP contribution in [0.15, 0.2) is 71.2 Å². The van der Waals surface area contributed by atoms with Crippen molar-refractivity contribution in [2.75, 3.05) is 23.2 Å². The quantitative estimate of drug-likeness (QED) is 0.266. The van der Waals surface area contributed by atoms with E-state index in [0.29, 0.717) is 38.1 Å². The van der Waals surface area contributed by atoms with E-state index < -0.39 is 17.7 Å². The number of fused-ring (bicyclic) bond motifs is 1. The number of anilines is 2. The summed E-state index contributed by atoms with van der Waals surface area (Å²) in [6, 6.07) is 18.0. The summed E-state index contributed by atoms with van der Waals surface area (Å²) in [7, 11) is 1.49. The molecule has 1 heterocycles. The number of nitrogens with one attached hydrogen (secondary N) is 3. The summed E-state index contributed by atoms with van der Waals surface area (Å²) in [4.78, 5) is 38.4. The summed E-state index contributed by atoms with van der Waals surface area (Å²) in [6.45, 7) is 0. The van der Waals surface area contributed by atoms with Crippen LogP contribution < -0.4 is 20.8 Å². The Morgan fingerprint density at radius 2 is 1.60 bits per heavy atom. The molecule has 0 radical (unpaired) electrons. The molecule has 0 aliphatic carbocycles. The number of rotatable bonds is 5. The van der Waals surface area contributed by atoms with Crippen molar-refractivity contribution in [2.45, 2.75) is 0 Å². The second-order valence-corrected chi connectivity index (χ2v) is 9.10. The number of carbonyl (C=O) groups excluding carboxylic acids is 3. The van der Waals surface area contributed by atoms with Gasteiger partial charge in [0.1, 0.15) is 11.4 Å². The van der Waals surface area contributed by atoms with Crippen LogP contribution in [-0.4, -0.2) is 29.5 Å². The van der Waals surface area contributed by atoms with Gasteiger partial charge in [0.05, 0.1) is 12.6 Å². The van der Waals surface area contributed by atoms with E-state index in [9.17, 15) is 14.4 Å². The summed E-state index contributed by atoms with van der Waals surface area (Å²) in [6.07, 6.45) is 0. The largest absolute Gasteiger partial charge is 0.497 e. The average molecular weight is 576 g/mol. The van der Waals surface area contributed by atoms with Crippen molar-refractivity contribution in [2.24, 2.45) is 0 Å². The Hall–Kier alpha value is -3.53. The minimum absolute atomic E-state index is 0.0803. The molecular formula is C24H17BrCl2N4O4. The third-order valence-electron chi connectivity index (χ3n) is 4.86. The molecule has 0 spiro atoms. The summed E-state index contributed by atoms with van der Waals surface area (Å²) >= 11 is 15.4. The molecule has 0 aliphatic heterocycles. The molecule has 35 heavy (non-hydrogen) atoms. The monoisotopic (exact) mass is 574 g/mol. The van der Waals surface area contributed by atoms with Gasteiger partial charge < -0.3 is 15.4 Å². The predicted molar refractivity (Wildman–Crippen MR) is 140 cm³/mol. The molecule has 3 aromatic carbocycles.